The summed E-state index contributed by atoms with van der Waals surface area (Å²) in [5, 5.41) is 11.6. The van der Waals surface area contributed by atoms with E-state index in [0.29, 0.717) is 44.6 Å². The molecule has 1 atom stereocenters. The summed E-state index contributed by atoms with van der Waals surface area (Å²) in [7, 11) is 0. The van der Waals surface area contributed by atoms with E-state index >= 15 is 0 Å². The van der Waals surface area contributed by atoms with Crippen LogP contribution in [0.15, 0.2) is 48.9 Å². The molecule has 3 aromatic heterocycles. The normalized spacial score (nSPS) is 12.4. The fourth-order valence-corrected chi connectivity index (χ4v) is 3.66. The summed E-state index contributed by atoms with van der Waals surface area (Å²) >= 11 is 0. The molecule has 0 aliphatic rings. The van der Waals surface area contributed by atoms with Gasteiger partial charge in [0.05, 0.1) is 18.6 Å². The number of rotatable bonds is 4. The number of aromatic nitrogens is 6. The fourth-order valence-electron chi connectivity index (χ4n) is 3.66. The Morgan fingerprint density at radius 3 is 2.81 bits per heavy atom. The summed E-state index contributed by atoms with van der Waals surface area (Å²) in [6, 6.07) is 8.56. The van der Waals surface area contributed by atoms with E-state index in [1.54, 1.807) is 18.2 Å². The summed E-state index contributed by atoms with van der Waals surface area (Å²) < 4.78 is 29.0. The minimum Gasteiger partial charge on any atom is -0.368 e. The van der Waals surface area contributed by atoms with Crippen molar-refractivity contribution < 1.29 is 8.78 Å². The minimum absolute atomic E-state index is 0.0624. The van der Waals surface area contributed by atoms with Gasteiger partial charge in [0.1, 0.15) is 22.7 Å². The molecule has 154 valence electrons. The van der Waals surface area contributed by atoms with Gasteiger partial charge in [0, 0.05) is 10.9 Å². The van der Waals surface area contributed by atoms with Crippen molar-refractivity contribution in [2.75, 3.05) is 11.1 Å². The van der Waals surface area contributed by atoms with E-state index in [1.165, 1.54) is 30.7 Å². The lowest BCUT2D eigenvalue weighted by Gasteiger charge is -2.20. The zero-order valence-electron chi connectivity index (χ0n) is 16.3. The third kappa shape index (κ3) is 3.27. The maximum absolute atomic E-state index is 15.0. The van der Waals surface area contributed by atoms with Crippen molar-refractivity contribution in [2.24, 2.45) is 0 Å². The Morgan fingerprint density at radius 2 is 1.97 bits per heavy atom. The summed E-state index contributed by atoms with van der Waals surface area (Å²) in [4.78, 5) is 15.4. The number of hydrogen-bond donors (Lipinski definition) is 3. The van der Waals surface area contributed by atoms with Crippen molar-refractivity contribution in [2.45, 2.75) is 13.0 Å². The molecule has 0 bridgehead atoms. The van der Waals surface area contributed by atoms with Crippen LogP contribution in [0.2, 0.25) is 0 Å². The highest BCUT2D eigenvalue weighted by Crippen LogP contribution is 2.37. The summed E-state index contributed by atoms with van der Waals surface area (Å²) in [6.45, 7) is 1.83. The third-order valence-corrected chi connectivity index (χ3v) is 5.01. The van der Waals surface area contributed by atoms with Gasteiger partial charge in [-0.3, -0.25) is 0 Å². The topological polar surface area (TPSA) is 118 Å². The Balaban J connectivity index is 1.70. The van der Waals surface area contributed by atoms with Crippen molar-refractivity contribution >= 4 is 33.8 Å². The number of hydrogen-bond acceptors (Lipinski definition) is 7. The van der Waals surface area contributed by atoms with Gasteiger partial charge < -0.3 is 16.0 Å². The summed E-state index contributed by atoms with van der Waals surface area (Å²) in [5.41, 5.74) is 8.79. The van der Waals surface area contributed by atoms with Crippen LogP contribution in [0.5, 0.6) is 0 Å². The number of anilines is 2. The molecule has 0 amide bonds. The van der Waals surface area contributed by atoms with Gasteiger partial charge in [0.2, 0.25) is 5.95 Å². The van der Waals surface area contributed by atoms with Crippen LogP contribution in [-0.4, -0.2) is 30.1 Å². The van der Waals surface area contributed by atoms with Gasteiger partial charge in [-0.15, -0.1) is 5.10 Å². The first-order valence-electron chi connectivity index (χ1n) is 9.44. The number of benzene rings is 2. The predicted octanol–water partition coefficient (Wildman–Crippen LogP) is 4.00. The zero-order chi connectivity index (χ0) is 21.5. The molecular weight excluding hydrogens is 402 g/mol. The highest BCUT2D eigenvalue weighted by Gasteiger charge is 2.21. The van der Waals surface area contributed by atoms with Crippen LogP contribution in [0, 0.1) is 11.6 Å². The van der Waals surface area contributed by atoms with Crippen LogP contribution < -0.4 is 11.1 Å². The number of halogens is 2. The summed E-state index contributed by atoms with van der Waals surface area (Å²) in [5.74, 6) is -0.415. The largest absolute Gasteiger partial charge is 0.368 e. The van der Waals surface area contributed by atoms with Crippen LogP contribution in [-0.2, 0) is 0 Å². The summed E-state index contributed by atoms with van der Waals surface area (Å²) in [6.07, 6.45) is 2.90. The van der Waals surface area contributed by atoms with Crippen molar-refractivity contribution in [3.63, 3.8) is 0 Å². The molecule has 0 aliphatic heterocycles. The molecule has 5 rings (SSSR count). The van der Waals surface area contributed by atoms with Crippen LogP contribution >= 0.6 is 0 Å². The van der Waals surface area contributed by atoms with Gasteiger partial charge in [0.25, 0.3) is 0 Å². The van der Waals surface area contributed by atoms with E-state index in [4.69, 9.17) is 5.73 Å². The number of aromatic amines is 1. The maximum atomic E-state index is 15.0. The van der Waals surface area contributed by atoms with E-state index in [1.807, 2.05) is 6.92 Å². The molecule has 0 fully saturated rings. The number of nitrogens with zero attached hydrogens (tertiary/aromatic N) is 5. The SMILES string of the molecule is CC(Nc1nc(N)nc2[nH]cnc12)c1cc(F)c2ccnnc2c1-c1cccc(F)c1. The highest BCUT2D eigenvalue weighted by molar-refractivity contribution is 5.96. The van der Waals surface area contributed by atoms with Gasteiger partial charge in [-0.25, -0.2) is 13.8 Å². The molecule has 8 nitrogen and oxygen atoms in total. The Hall–Kier alpha value is -4.21. The van der Waals surface area contributed by atoms with Crippen LogP contribution in [0.4, 0.5) is 20.5 Å². The predicted molar refractivity (Wildman–Crippen MR) is 113 cm³/mol. The van der Waals surface area contributed by atoms with Crippen molar-refractivity contribution in [1.29, 1.82) is 0 Å². The number of imidazole rings is 1. The van der Waals surface area contributed by atoms with E-state index in [2.05, 4.69) is 35.5 Å². The molecule has 0 saturated carbocycles. The Labute approximate surface area is 174 Å². The lowest BCUT2D eigenvalue weighted by molar-refractivity contribution is 0.628. The molecule has 3 heterocycles. The van der Waals surface area contributed by atoms with Gasteiger partial charge >= 0.3 is 0 Å². The molecule has 0 spiro atoms. The first kappa shape index (κ1) is 18.8. The van der Waals surface area contributed by atoms with Crippen LogP contribution in [0.1, 0.15) is 18.5 Å². The number of fused-ring (bicyclic) bond motifs is 2. The van der Waals surface area contributed by atoms with Crippen molar-refractivity contribution in [3.05, 3.63) is 66.1 Å². The fraction of sp³-hybridized carbons (Fsp3) is 0.0952. The lowest BCUT2D eigenvalue weighted by atomic mass is 9.92. The van der Waals surface area contributed by atoms with Gasteiger partial charge in [-0.05, 0) is 42.3 Å². The average molecular weight is 418 g/mol. The van der Waals surface area contributed by atoms with E-state index < -0.39 is 17.7 Å². The first-order valence-corrected chi connectivity index (χ1v) is 9.44. The molecule has 0 saturated heterocycles. The van der Waals surface area contributed by atoms with Crippen LogP contribution in [0.25, 0.3) is 33.2 Å². The molecule has 5 aromatic rings. The maximum Gasteiger partial charge on any atom is 0.224 e. The average Bonchev–Trinajstić information content (AvgIpc) is 3.22. The number of H-pyrrole nitrogens is 1. The van der Waals surface area contributed by atoms with Gasteiger partial charge in [-0.1, -0.05) is 12.1 Å². The Kier molecular flexibility index (Phi) is 4.39. The number of nitrogens with two attached hydrogens (primary N) is 1. The molecule has 31 heavy (non-hydrogen) atoms. The second-order valence-electron chi connectivity index (χ2n) is 7.02. The second kappa shape index (κ2) is 7.24. The van der Waals surface area contributed by atoms with Gasteiger partial charge in [-0.2, -0.15) is 15.1 Å². The van der Waals surface area contributed by atoms with E-state index in [0.717, 1.165) is 0 Å². The van der Waals surface area contributed by atoms with E-state index in [-0.39, 0.29) is 5.95 Å². The second-order valence-corrected chi connectivity index (χ2v) is 7.02. The lowest BCUT2D eigenvalue weighted by Crippen LogP contribution is -2.12. The van der Waals surface area contributed by atoms with Crippen LogP contribution in [0.3, 0.4) is 0 Å². The number of nitrogen functional groups attached to an aromatic ring is 1. The first-order chi connectivity index (χ1) is 15.0. The molecular formula is C21H16F2N8. The monoisotopic (exact) mass is 418 g/mol. The molecule has 0 aliphatic carbocycles. The smallest absolute Gasteiger partial charge is 0.224 e. The molecule has 4 N–H and O–H groups in total. The van der Waals surface area contributed by atoms with E-state index in [9.17, 15) is 8.78 Å². The molecule has 1 unspecified atom stereocenters. The molecule has 0 radical (unpaired) electrons. The molecule has 10 heteroatoms. The standard InChI is InChI=1S/C21H16F2N8/c1-10(28-20-18-19(26-9-25-18)29-21(24)30-20)14-8-15(23)13-5-6-27-31-17(13)16(14)11-3-2-4-12(22)7-11/h2-10H,1H3,(H4,24,25,26,28,29,30). The van der Waals surface area contributed by atoms with Crippen molar-refractivity contribution in [1.82, 2.24) is 30.1 Å². The Morgan fingerprint density at radius 1 is 1.10 bits per heavy atom. The zero-order valence-corrected chi connectivity index (χ0v) is 16.3. The van der Waals surface area contributed by atoms with Gasteiger partial charge in [0.15, 0.2) is 11.5 Å². The molecule has 2 aromatic carbocycles. The quantitative estimate of drug-likeness (QED) is 0.404. The van der Waals surface area contributed by atoms with Crippen molar-refractivity contribution in [3.8, 4) is 11.1 Å². The minimum atomic E-state index is -0.464. The number of nitrogens with one attached hydrogen (secondary N) is 2. The highest BCUT2D eigenvalue weighted by atomic mass is 19.1. The third-order valence-electron chi connectivity index (χ3n) is 5.01. The Bertz CT molecular complexity index is 1430.